The number of fused-ring (bicyclic) bond motifs is 1. The second-order valence-electron chi connectivity index (χ2n) is 6.52. The van der Waals surface area contributed by atoms with Gasteiger partial charge in [0.1, 0.15) is 19.2 Å². The predicted molar refractivity (Wildman–Crippen MR) is 114 cm³/mol. The van der Waals surface area contributed by atoms with Crippen molar-refractivity contribution in [3.63, 3.8) is 0 Å². The molecule has 30 heavy (non-hydrogen) atoms. The third-order valence-electron chi connectivity index (χ3n) is 4.64. The molecule has 3 aromatic heterocycles. The Bertz CT molecular complexity index is 1330. The molecule has 0 fully saturated rings. The molecule has 0 atom stereocenters. The van der Waals surface area contributed by atoms with Crippen LogP contribution in [0.3, 0.4) is 0 Å². The van der Waals surface area contributed by atoms with Crippen LogP contribution in [0.15, 0.2) is 64.8 Å². The van der Waals surface area contributed by atoms with Gasteiger partial charge in [-0.3, -0.25) is 0 Å². The topological polar surface area (TPSA) is 82.9 Å². The summed E-state index contributed by atoms with van der Waals surface area (Å²) in [6, 6.07) is 12.4. The maximum atomic E-state index is 13.5. The highest BCUT2D eigenvalue weighted by Gasteiger charge is 2.21. The van der Waals surface area contributed by atoms with E-state index in [2.05, 4.69) is 10.1 Å². The molecule has 0 aliphatic heterocycles. The van der Waals surface area contributed by atoms with Crippen LogP contribution in [-0.4, -0.2) is 22.2 Å². The number of aromatic nitrogens is 3. The van der Waals surface area contributed by atoms with Crippen molar-refractivity contribution >= 4 is 34.3 Å². The molecule has 4 aromatic rings. The summed E-state index contributed by atoms with van der Waals surface area (Å²) in [4.78, 5) is 22.9. The van der Waals surface area contributed by atoms with Gasteiger partial charge in [-0.25, -0.2) is 14.3 Å². The minimum absolute atomic E-state index is 0.0846. The molecule has 152 valence electrons. The second-order valence-corrected chi connectivity index (χ2v) is 8.22. The first-order valence-corrected chi connectivity index (χ1v) is 10.2. The summed E-state index contributed by atoms with van der Waals surface area (Å²) in [5.74, 6) is -0.380. The van der Waals surface area contributed by atoms with Gasteiger partial charge in [0, 0.05) is 12.3 Å². The molecule has 0 saturated heterocycles. The molecule has 0 bridgehead atoms. The van der Waals surface area contributed by atoms with Gasteiger partial charge in [-0.2, -0.15) is 4.40 Å². The van der Waals surface area contributed by atoms with E-state index in [1.807, 2.05) is 6.07 Å². The molecule has 0 saturated carbocycles. The lowest BCUT2D eigenvalue weighted by Gasteiger charge is -2.17. The first-order chi connectivity index (χ1) is 14.5. The summed E-state index contributed by atoms with van der Waals surface area (Å²) in [5.41, 5.74) is 2.11. The van der Waals surface area contributed by atoms with Crippen LogP contribution in [0.25, 0.3) is 16.8 Å². The minimum Gasteiger partial charge on any atom is -0.842 e. The van der Waals surface area contributed by atoms with Crippen molar-refractivity contribution in [1.82, 2.24) is 9.38 Å². The van der Waals surface area contributed by atoms with Crippen LogP contribution in [-0.2, 0) is 11.4 Å². The average Bonchev–Trinajstić information content (AvgIpc) is 3.16. The second kappa shape index (κ2) is 8.25. The summed E-state index contributed by atoms with van der Waals surface area (Å²) >= 11 is 7.25. The molecule has 4 rings (SSSR count). The molecule has 0 unspecified atom stereocenters. The van der Waals surface area contributed by atoms with Gasteiger partial charge in [-0.1, -0.05) is 41.0 Å². The van der Waals surface area contributed by atoms with Gasteiger partial charge in [0.25, 0.3) is 5.65 Å². The number of pyridine rings is 1. The number of hydrogen-bond donors (Lipinski definition) is 0. The van der Waals surface area contributed by atoms with E-state index < -0.39 is 0 Å². The number of benzene rings is 1. The summed E-state index contributed by atoms with van der Waals surface area (Å²) in [5, 5.41) is 17.4. The van der Waals surface area contributed by atoms with Crippen LogP contribution in [0, 0.1) is 0 Å². The molecule has 0 spiro atoms. The summed E-state index contributed by atoms with van der Waals surface area (Å²) < 4.78 is 3.43. The zero-order valence-corrected chi connectivity index (χ0v) is 17.8. The minimum atomic E-state index is -0.382. The molecule has 3 heterocycles. The Kier molecular flexibility index (Phi) is 5.52. The van der Waals surface area contributed by atoms with Crippen LogP contribution in [0.5, 0.6) is 5.88 Å². The zero-order valence-electron chi connectivity index (χ0n) is 16.2. The number of thiazole rings is 1. The van der Waals surface area contributed by atoms with Crippen LogP contribution < -0.4 is 15.2 Å². The first-order valence-electron chi connectivity index (χ1n) is 9.02. The SMILES string of the molecule is CO/N=C(\C)c1cccc(-c2c([O-])[n+](Cc3cnc(Cl)s3)c3ccccn3c2=O)c1. The Morgan fingerprint density at radius 1 is 1.33 bits per heavy atom. The van der Waals surface area contributed by atoms with E-state index in [0.717, 1.165) is 10.4 Å². The Morgan fingerprint density at radius 3 is 2.90 bits per heavy atom. The van der Waals surface area contributed by atoms with E-state index in [-0.39, 0.29) is 23.5 Å². The monoisotopic (exact) mass is 440 g/mol. The van der Waals surface area contributed by atoms with Gasteiger partial charge >= 0.3 is 5.56 Å². The predicted octanol–water partition coefficient (Wildman–Crippen LogP) is 2.86. The fraction of sp³-hybridized carbons (Fsp3) is 0.143. The van der Waals surface area contributed by atoms with Gasteiger partial charge in [-0.15, -0.1) is 11.3 Å². The summed E-state index contributed by atoms with van der Waals surface area (Å²) in [6.07, 6.45) is 3.28. The highest BCUT2D eigenvalue weighted by atomic mass is 35.5. The molecule has 1 aromatic carbocycles. The maximum absolute atomic E-state index is 13.5. The average molecular weight is 441 g/mol. The highest BCUT2D eigenvalue weighted by molar-refractivity contribution is 7.15. The Morgan fingerprint density at radius 2 is 2.17 bits per heavy atom. The van der Waals surface area contributed by atoms with Gasteiger partial charge in [0.05, 0.1) is 22.7 Å². The smallest absolute Gasteiger partial charge is 0.349 e. The van der Waals surface area contributed by atoms with E-state index in [9.17, 15) is 9.90 Å². The standard InChI is InChI=1S/C21H17ClN4O3S/c1-13(24-29-2)14-6-5-7-15(10-14)18-19(27)25-9-4-3-8-17(25)26(20(18)28)12-16-11-23-21(22)30-16/h3-11H,12H2,1-2H3/b24-13+. The van der Waals surface area contributed by atoms with E-state index in [0.29, 0.717) is 21.4 Å². The fourth-order valence-corrected chi connectivity index (χ4v) is 4.25. The molecule has 0 aliphatic rings. The van der Waals surface area contributed by atoms with Crippen molar-refractivity contribution in [2.24, 2.45) is 5.16 Å². The Balaban J connectivity index is 1.96. The van der Waals surface area contributed by atoms with Crippen molar-refractivity contribution in [2.45, 2.75) is 13.5 Å². The van der Waals surface area contributed by atoms with Crippen LogP contribution in [0.1, 0.15) is 17.4 Å². The lowest BCUT2D eigenvalue weighted by molar-refractivity contribution is -0.707. The number of oxime groups is 1. The lowest BCUT2D eigenvalue weighted by atomic mass is 10.0. The van der Waals surface area contributed by atoms with E-state index in [1.165, 1.54) is 22.8 Å². The van der Waals surface area contributed by atoms with Gasteiger partial charge in [0.15, 0.2) is 4.47 Å². The summed E-state index contributed by atoms with van der Waals surface area (Å²) in [6.45, 7) is 2.05. The normalized spacial score (nSPS) is 11.8. The molecule has 0 radical (unpaired) electrons. The molecule has 0 aliphatic carbocycles. The van der Waals surface area contributed by atoms with Gasteiger partial charge < -0.3 is 9.94 Å². The third-order valence-corrected chi connectivity index (χ3v) is 5.74. The Hall–Kier alpha value is -3.23. The van der Waals surface area contributed by atoms with Crippen LogP contribution in [0.4, 0.5) is 0 Å². The number of nitrogens with zero attached hydrogens (tertiary/aromatic N) is 4. The van der Waals surface area contributed by atoms with Crippen molar-refractivity contribution in [2.75, 3.05) is 7.11 Å². The first kappa shape index (κ1) is 20.1. The Labute approximate surface area is 181 Å². The van der Waals surface area contributed by atoms with Gasteiger partial charge in [-0.05, 0) is 30.2 Å². The number of hydrogen-bond acceptors (Lipinski definition) is 6. The molecule has 7 nitrogen and oxygen atoms in total. The zero-order chi connectivity index (χ0) is 21.3. The number of rotatable bonds is 5. The summed E-state index contributed by atoms with van der Waals surface area (Å²) in [7, 11) is 1.47. The third kappa shape index (κ3) is 3.67. The quantitative estimate of drug-likeness (QED) is 0.271. The molecule has 0 N–H and O–H groups in total. The van der Waals surface area contributed by atoms with E-state index in [1.54, 1.807) is 60.3 Å². The molecular formula is C21H17ClN4O3S. The van der Waals surface area contributed by atoms with Crippen LogP contribution in [0.2, 0.25) is 4.47 Å². The highest BCUT2D eigenvalue weighted by Crippen LogP contribution is 2.24. The van der Waals surface area contributed by atoms with E-state index >= 15 is 0 Å². The van der Waals surface area contributed by atoms with E-state index in [4.69, 9.17) is 16.4 Å². The van der Waals surface area contributed by atoms with Crippen molar-refractivity contribution in [1.29, 1.82) is 0 Å². The molecular weight excluding hydrogens is 424 g/mol. The lowest BCUT2D eigenvalue weighted by Crippen LogP contribution is -2.44. The van der Waals surface area contributed by atoms with Crippen LogP contribution >= 0.6 is 22.9 Å². The molecule has 9 heteroatoms. The number of halogens is 1. The van der Waals surface area contributed by atoms with Crippen molar-refractivity contribution < 1.29 is 14.5 Å². The van der Waals surface area contributed by atoms with Crippen molar-refractivity contribution in [3.8, 4) is 17.0 Å². The molecule has 0 amide bonds. The fourth-order valence-electron chi connectivity index (χ4n) is 3.28. The van der Waals surface area contributed by atoms with Crippen molar-refractivity contribution in [3.05, 3.63) is 80.1 Å². The maximum Gasteiger partial charge on any atom is 0.349 e. The largest absolute Gasteiger partial charge is 0.842 e. The van der Waals surface area contributed by atoms with Gasteiger partial charge in [0.2, 0.25) is 0 Å².